The van der Waals surface area contributed by atoms with Crippen LogP contribution < -0.4 is 5.32 Å². The van der Waals surface area contributed by atoms with Gasteiger partial charge in [0.2, 0.25) is 5.91 Å². The van der Waals surface area contributed by atoms with Crippen molar-refractivity contribution >= 4 is 5.91 Å². The average Bonchev–Trinajstić information content (AvgIpc) is 3.04. The van der Waals surface area contributed by atoms with Gasteiger partial charge in [-0.2, -0.15) is 5.10 Å². The van der Waals surface area contributed by atoms with Gasteiger partial charge in [-0.15, -0.1) is 0 Å². The SMILES string of the molecule is O=C(Cc1cccc(F)c1)NCCc1nc(-c2ccncc2)n[nH]1. The lowest BCUT2D eigenvalue weighted by atomic mass is 10.1. The molecule has 122 valence electrons. The van der Waals surface area contributed by atoms with Crippen LogP contribution in [0, 0.1) is 5.82 Å². The van der Waals surface area contributed by atoms with Crippen LogP contribution in [0.4, 0.5) is 4.39 Å². The van der Waals surface area contributed by atoms with E-state index in [0.29, 0.717) is 30.2 Å². The quantitative estimate of drug-likeness (QED) is 0.725. The van der Waals surface area contributed by atoms with Crippen LogP contribution in [0.3, 0.4) is 0 Å². The maximum atomic E-state index is 13.1. The van der Waals surface area contributed by atoms with Gasteiger partial charge in [-0.1, -0.05) is 12.1 Å². The number of amides is 1. The van der Waals surface area contributed by atoms with Crippen molar-refractivity contribution in [3.05, 3.63) is 66.0 Å². The summed E-state index contributed by atoms with van der Waals surface area (Å²) in [6, 6.07) is 9.68. The van der Waals surface area contributed by atoms with Crippen LogP contribution >= 0.6 is 0 Å². The van der Waals surface area contributed by atoms with Gasteiger partial charge >= 0.3 is 0 Å². The van der Waals surface area contributed by atoms with Crippen molar-refractivity contribution in [2.45, 2.75) is 12.8 Å². The van der Waals surface area contributed by atoms with Crippen LogP contribution in [0.25, 0.3) is 11.4 Å². The number of aromatic amines is 1. The van der Waals surface area contributed by atoms with Gasteiger partial charge in [0.1, 0.15) is 11.6 Å². The number of benzene rings is 1. The first-order chi connectivity index (χ1) is 11.7. The largest absolute Gasteiger partial charge is 0.355 e. The minimum Gasteiger partial charge on any atom is -0.355 e. The summed E-state index contributed by atoms with van der Waals surface area (Å²) in [5, 5.41) is 9.79. The Morgan fingerprint density at radius 2 is 2.04 bits per heavy atom. The van der Waals surface area contributed by atoms with E-state index in [1.807, 2.05) is 12.1 Å². The van der Waals surface area contributed by atoms with Gasteiger partial charge in [0.15, 0.2) is 5.82 Å². The number of hydrogen-bond donors (Lipinski definition) is 2. The van der Waals surface area contributed by atoms with Gasteiger partial charge in [0.05, 0.1) is 6.42 Å². The summed E-state index contributed by atoms with van der Waals surface area (Å²) in [5.74, 6) is 0.784. The Morgan fingerprint density at radius 1 is 1.21 bits per heavy atom. The number of rotatable bonds is 6. The highest BCUT2D eigenvalue weighted by molar-refractivity contribution is 5.78. The summed E-state index contributed by atoms with van der Waals surface area (Å²) in [5.41, 5.74) is 1.52. The molecule has 3 aromatic rings. The Hall–Kier alpha value is -3.09. The molecule has 0 aliphatic rings. The number of aromatic nitrogens is 4. The Kier molecular flexibility index (Phi) is 4.90. The highest BCUT2D eigenvalue weighted by Gasteiger charge is 2.07. The summed E-state index contributed by atoms with van der Waals surface area (Å²) < 4.78 is 13.1. The molecule has 0 fully saturated rings. The molecule has 24 heavy (non-hydrogen) atoms. The van der Waals surface area contributed by atoms with E-state index in [4.69, 9.17) is 0 Å². The molecule has 2 heterocycles. The summed E-state index contributed by atoms with van der Waals surface area (Å²) in [4.78, 5) is 20.2. The Balaban J connectivity index is 1.48. The van der Waals surface area contributed by atoms with E-state index < -0.39 is 0 Å². The van der Waals surface area contributed by atoms with Gasteiger partial charge in [-0.25, -0.2) is 9.37 Å². The molecule has 2 N–H and O–H groups in total. The number of carbonyl (C=O) groups is 1. The summed E-state index contributed by atoms with van der Waals surface area (Å²) in [7, 11) is 0. The Bertz CT molecular complexity index is 819. The van der Waals surface area contributed by atoms with Crippen molar-refractivity contribution in [2.75, 3.05) is 6.54 Å². The fourth-order valence-electron chi connectivity index (χ4n) is 2.25. The van der Waals surface area contributed by atoms with Gasteiger partial charge in [-0.3, -0.25) is 14.9 Å². The summed E-state index contributed by atoms with van der Waals surface area (Å²) >= 11 is 0. The fourth-order valence-corrected chi connectivity index (χ4v) is 2.25. The molecule has 0 spiro atoms. The first-order valence-corrected chi connectivity index (χ1v) is 7.53. The molecule has 0 unspecified atom stereocenters. The summed E-state index contributed by atoms with van der Waals surface area (Å²) in [6.45, 7) is 0.430. The van der Waals surface area contributed by atoms with Crippen LogP contribution in [0.15, 0.2) is 48.8 Å². The summed E-state index contributed by atoms with van der Waals surface area (Å²) in [6.07, 6.45) is 4.04. The number of carbonyl (C=O) groups excluding carboxylic acids is 1. The molecule has 0 saturated heterocycles. The molecular weight excluding hydrogens is 309 g/mol. The Labute approximate surface area is 138 Å². The number of pyridine rings is 1. The first-order valence-electron chi connectivity index (χ1n) is 7.53. The third-order valence-electron chi connectivity index (χ3n) is 3.41. The number of halogens is 1. The van der Waals surface area contributed by atoms with E-state index in [2.05, 4.69) is 25.5 Å². The zero-order chi connectivity index (χ0) is 16.8. The smallest absolute Gasteiger partial charge is 0.224 e. The minimum atomic E-state index is -0.342. The second-order valence-electron chi connectivity index (χ2n) is 5.25. The lowest BCUT2D eigenvalue weighted by molar-refractivity contribution is -0.120. The van der Waals surface area contributed by atoms with Crippen LogP contribution in [-0.4, -0.2) is 32.6 Å². The van der Waals surface area contributed by atoms with Crippen molar-refractivity contribution in [3.8, 4) is 11.4 Å². The molecule has 7 heteroatoms. The van der Waals surface area contributed by atoms with Crippen molar-refractivity contribution in [1.29, 1.82) is 0 Å². The predicted octanol–water partition coefficient (Wildman–Crippen LogP) is 1.91. The van der Waals surface area contributed by atoms with E-state index in [1.54, 1.807) is 24.5 Å². The molecule has 0 bridgehead atoms. The third kappa shape index (κ3) is 4.22. The molecule has 0 radical (unpaired) electrons. The normalized spacial score (nSPS) is 10.5. The zero-order valence-corrected chi connectivity index (χ0v) is 12.9. The van der Waals surface area contributed by atoms with E-state index in [0.717, 1.165) is 5.56 Å². The minimum absolute atomic E-state index is 0.149. The maximum Gasteiger partial charge on any atom is 0.224 e. The van der Waals surface area contributed by atoms with Crippen molar-refractivity contribution in [2.24, 2.45) is 0 Å². The lowest BCUT2D eigenvalue weighted by Crippen LogP contribution is -2.27. The van der Waals surface area contributed by atoms with Gasteiger partial charge < -0.3 is 5.32 Å². The standard InChI is InChI=1S/C17H16FN5O/c18-14-3-1-2-12(10-14)11-16(24)20-9-6-15-21-17(23-22-15)13-4-7-19-8-5-13/h1-5,7-8,10H,6,9,11H2,(H,20,24)(H,21,22,23). The van der Waals surface area contributed by atoms with Gasteiger partial charge in [0.25, 0.3) is 0 Å². The Morgan fingerprint density at radius 3 is 2.83 bits per heavy atom. The third-order valence-corrected chi connectivity index (χ3v) is 3.41. The van der Waals surface area contributed by atoms with E-state index >= 15 is 0 Å². The second kappa shape index (κ2) is 7.45. The predicted molar refractivity (Wildman–Crippen MR) is 86.4 cm³/mol. The molecule has 6 nitrogen and oxygen atoms in total. The molecule has 0 saturated carbocycles. The molecule has 3 rings (SSSR count). The maximum absolute atomic E-state index is 13.1. The first kappa shape index (κ1) is 15.8. The molecule has 2 aromatic heterocycles. The van der Waals surface area contributed by atoms with Crippen molar-refractivity contribution in [1.82, 2.24) is 25.5 Å². The number of H-pyrrole nitrogens is 1. The van der Waals surface area contributed by atoms with Crippen LogP contribution in [0.2, 0.25) is 0 Å². The molecule has 1 aromatic carbocycles. The highest BCUT2D eigenvalue weighted by atomic mass is 19.1. The number of hydrogen-bond acceptors (Lipinski definition) is 4. The zero-order valence-electron chi connectivity index (χ0n) is 12.9. The second-order valence-corrected chi connectivity index (χ2v) is 5.25. The van der Waals surface area contributed by atoms with Gasteiger partial charge in [0, 0.05) is 30.9 Å². The van der Waals surface area contributed by atoms with E-state index in [1.165, 1.54) is 12.1 Å². The van der Waals surface area contributed by atoms with Crippen molar-refractivity contribution < 1.29 is 9.18 Å². The van der Waals surface area contributed by atoms with Crippen LogP contribution in [0.1, 0.15) is 11.4 Å². The van der Waals surface area contributed by atoms with Gasteiger partial charge in [-0.05, 0) is 29.8 Å². The van der Waals surface area contributed by atoms with E-state index in [-0.39, 0.29) is 18.1 Å². The topological polar surface area (TPSA) is 83.6 Å². The molecule has 0 atom stereocenters. The lowest BCUT2D eigenvalue weighted by Gasteiger charge is -2.04. The van der Waals surface area contributed by atoms with Crippen LogP contribution in [0.5, 0.6) is 0 Å². The van der Waals surface area contributed by atoms with Crippen LogP contribution in [-0.2, 0) is 17.6 Å². The van der Waals surface area contributed by atoms with E-state index in [9.17, 15) is 9.18 Å². The molecule has 0 aliphatic carbocycles. The average molecular weight is 325 g/mol. The highest BCUT2D eigenvalue weighted by Crippen LogP contribution is 2.12. The fraction of sp³-hybridized carbons (Fsp3) is 0.176. The molecule has 0 aliphatic heterocycles. The van der Waals surface area contributed by atoms with Crippen molar-refractivity contribution in [3.63, 3.8) is 0 Å². The molecule has 1 amide bonds. The monoisotopic (exact) mass is 325 g/mol. The number of nitrogens with one attached hydrogen (secondary N) is 2. The number of nitrogens with zero attached hydrogens (tertiary/aromatic N) is 3. The molecular formula is C17H16FN5O.